The van der Waals surface area contributed by atoms with Crippen LogP contribution in [-0.4, -0.2) is 77.4 Å². The molecule has 0 aliphatic carbocycles. The SMILES string of the molecule is CN1CCC(CNC(=O)c2cccc(CN3C(=O)c4ccc(-c5ccnc(N)c5)cc4N(C)C(=O)C3/C=C/O)c2)CC1. The lowest BCUT2D eigenvalue weighted by Crippen LogP contribution is -2.46. The highest BCUT2D eigenvalue weighted by molar-refractivity contribution is 6.12. The average Bonchev–Trinajstić information content (AvgIpc) is 3.07. The number of benzene rings is 2. The molecule has 2 aliphatic heterocycles. The molecule has 1 aromatic heterocycles. The quantitative estimate of drug-likeness (QED) is 0.372. The van der Waals surface area contributed by atoms with E-state index >= 15 is 0 Å². The first-order valence-corrected chi connectivity index (χ1v) is 14.1. The molecule has 0 saturated carbocycles. The zero-order valence-electron chi connectivity index (χ0n) is 23.9. The summed E-state index contributed by atoms with van der Waals surface area (Å²) in [5.74, 6) is -0.113. The lowest BCUT2D eigenvalue weighted by Gasteiger charge is -2.29. The van der Waals surface area contributed by atoms with E-state index in [1.807, 2.05) is 6.07 Å². The van der Waals surface area contributed by atoms with Gasteiger partial charge in [-0.1, -0.05) is 18.2 Å². The topological polar surface area (TPSA) is 132 Å². The van der Waals surface area contributed by atoms with Crippen LogP contribution in [0.2, 0.25) is 0 Å². The molecule has 1 fully saturated rings. The summed E-state index contributed by atoms with van der Waals surface area (Å²) in [6.07, 6.45) is 5.78. The number of nitrogens with two attached hydrogens (primary N) is 1. The number of likely N-dealkylation sites (N-methyl/N-ethyl adjacent to an activating group) is 1. The second-order valence-corrected chi connectivity index (χ2v) is 11.0. The van der Waals surface area contributed by atoms with Crippen LogP contribution in [0.25, 0.3) is 11.1 Å². The fourth-order valence-electron chi connectivity index (χ4n) is 5.58. The maximum absolute atomic E-state index is 14.0. The Bertz CT molecular complexity index is 1510. The van der Waals surface area contributed by atoms with Crippen molar-refractivity contribution in [2.24, 2.45) is 5.92 Å². The van der Waals surface area contributed by atoms with Crippen molar-refractivity contribution in [3.05, 3.63) is 89.8 Å². The van der Waals surface area contributed by atoms with Crippen LogP contribution in [0.3, 0.4) is 0 Å². The number of nitrogens with zero attached hydrogens (tertiary/aromatic N) is 4. The number of aliphatic hydroxyl groups is 1. The van der Waals surface area contributed by atoms with Gasteiger partial charge in [-0.2, -0.15) is 0 Å². The molecule has 1 unspecified atom stereocenters. The van der Waals surface area contributed by atoms with Crippen LogP contribution < -0.4 is 16.0 Å². The number of aliphatic hydroxyl groups excluding tert-OH is 1. The first kappa shape index (κ1) is 28.8. The number of anilines is 2. The Kier molecular flexibility index (Phi) is 8.53. The fourth-order valence-corrected chi connectivity index (χ4v) is 5.58. The molecular formula is C32H36N6O4. The molecule has 3 heterocycles. The minimum absolute atomic E-state index is 0.0611. The summed E-state index contributed by atoms with van der Waals surface area (Å²) in [6.45, 7) is 2.74. The van der Waals surface area contributed by atoms with Crippen LogP contribution in [0.15, 0.2) is 73.1 Å². The number of rotatable bonds is 7. The number of amides is 3. The average molecular weight is 569 g/mol. The molecule has 2 aliphatic rings. The van der Waals surface area contributed by atoms with Crippen molar-refractivity contribution < 1.29 is 19.5 Å². The number of aromatic nitrogens is 1. The molecule has 2 aromatic carbocycles. The van der Waals surface area contributed by atoms with E-state index in [2.05, 4.69) is 22.2 Å². The zero-order valence-corrected chi connectivity index (χ0v) is 23.9. The number of nitrogen functional groups attached to an aromatic ring is 1. The highest BCUT2D eigenvalue weighted by Crippen LogP contribution is 2.33. The van der Waals surface area contributed by atoms with Gasteiger partial charge in [-0.25, -0.2) is 4.98 Å². The van der Waals surface area contributed by atoms with Crippen LogP contribution in [-0.2, 0) is 11.3 Å². The molecule has 218 valence electrons. The van der Waals surface area contributed by atoms with Crippen molar-refractivity contribution >= 4 is 29.2 Å². The third-order valence-corrected chi connectivity index (χ3v) is 8.08. The number of nitrogens with one attached hydrogen (secondary N) is 1. The third-order valence-electron chi connectivity index (χ3n) is 8.08. The van der Waals surface area contributed by atoms with E-state index in [-0.39, 0.29) is 24.3 Å². The minimum Gasteiger partial charge on any atom is -0.516 e. The van der Waals surface area contributed by atoms with Crippen molar-refractivity contribution in [1.29, 1.82) is 0 Å². The summed E-state index contributed by atoms with van der Waals surface area (Å²) in [7, 11) is 3.72. The minimum atomic E-state index is -1.05. The van der Waals surface area contributed by atoms with Crippen molar-refractivity contribution in [2.75, 3.05) is 44.4 Å². The molecule has 42 heavy (non-hydrogen) atoms. The van der Waals surface area contributed by atoms with E-state index < -0.39 is 6.04 Å². The van der Waals surface area contributed by atoms with Gasteiger partial charge in [0.2, 0.25) is 0 Å². The van der Waals surface area contributed by atoms with Gasteiger partial charge in [-0.05, 0) is 98.1 Å². The van der Waals surface area contributed by atoms with Crippen molar-refractivity contribution in [2.45, 2.75) is 25.4 Å². The summed E-state index contributed by atoms with van der Waals surface area (Å²) in [5.41, 5.74) is 9.41. The number of piperidine rings is 1. The molecule has 3 amide bonds. The molecule has 10 nitrogen and oxygen atoms in total. The number of pyridine rings is 1. The monoisotopic (exact) mass is 568 g/mol. The second kappa shape index (κ2) is 12.4. The van der Waals surface area contributed by atoms with E-state index in [9.17, 15) is 19.5 Å². The molecule has 5 rings (SSSR count). The summed E-state index contributed by atoms with van der Waals surface area (Å²) in [5, 5.41) is 12.7. The Morgan fingerprint density at radius 3 is 2.57 bits per heavy atom. The molecule has 0 spiro atoms. The Balaban J connectivity index is 1.40. The molecule has 4 N–H and O–H groups in total. The van der Waals surface area contributed by atoms with Crippen LogP contribution in [0.5, 0.6) is 0 Å². The van der Waals surface area contributed by atoms with Gasteiger partial charge < -0.3 is 30.9 Å². The van der Waals surface area contributed by atoms with E-state index in [4.69, 9.17) is 5.73 Å². The highest BCUT2D eigenvalue weighted by atomic mass is 16.2. The van der Waals surface area contributed by atoms with Crippen LogP contribution >= 0.6 is 0 Å². The molecule has 0 radical (unpaired) electrons. The van der Waals surface area contributed by atoms with E-state index in [1.165, 1.54) is 15.9 Å². The van der Waals surface area contributed by atoms with Gasteiger partial charge in [-0.15, -0.1) is 0 Å². The smallest absolute Gasteiger partial charge is 0.257 e. The van der Waals surface area contributed by atoms with Gasteiger partial charge in [0.15, 0.2) is 0 Å². The van der Waals surface area contributed by atoms with Gasteiger partial charge in [0.25, 0.3) is 17.7 Å². The Labute approximate surface area is 245 Å². The first-order valence-electron chi connectivity index (χ1n) is 14.1. The first-order chi connectivity index (χ1) is 20.2. The lowest BCUT2D eigenvalue weighted by molar-refractivity contribution is -0.121. The zero-order chi connectivity index (χ0) is 29.8. The van der Waals surface area contributed by atoms with Crippen molar-refractivity contribution in [1.82, 2.24) is 20.1 Å². The number of carbonyl (C=O) groups excluding carboxylic acids is 3. The maximum atomic E-state index is 14.0. The fraction of sp³-hybridized carbons (Fsp3) is 0.312. The van der Waals surface area contributed by atoms with Gasteiger partial charge >= 0.3 is 0 Å². The number of fused-ring (bicyclic) bond motifs is 1. The molecule has 10 heteroatoms. The van der Waals surface area contributed by atoms with Crippen molar-refractivity contribution in [3.63, 3.8) is 0 Å². The van der Waals surface area contributed by atoms with Crippen LogP contribution in [0, 0.1) is 5.92 Å². The predicted octanol–water partition coefficient (Wildman–Crippen LogP) is 3.46. The summed E-state index contributed by atoms with van der Waals surface area (Å²) in [6, 6.07) is 14.8. The Hall–Kier alpha value is -4.70. The highest BCUT2D eigenvalue weighted by Gasteiger charge is 2.37. The summed E-state index contributed by atoms with van der Waals surface area (Å²) < 4.78 is 0. The van der Waals surface area contributed by atoms with Gasteiger partial charge in [0.1, 0.15) is 11.9 Å². The third kappa shape index (κ3) is 6.13. The van der Waals surface area contributed by atoms with E-state index in [0.717, 1.165) is 43.3 Å². The molecule has 0 bridgehead atoms. The normalized spacial score (nSPS) is 18.3. The van der Waals surface area contributed by atoms with E-state index in [1.54, 1.807) is 61.8 Å². The van der Waals surface area contributed by atoms with Crippen molar-refractivity contribution in [3.8, 4) is 11.1 Å². The Morgan fingerprint density at radius 2 is 1.83 bits per heavy atom. The summed E-state index contributed by atoms with van der Waals surface area (Å²) in [4.78, 5) is 49.8. The van der Waals surface area contributed by atoms with Crippen LogP contribution in [0.4, 0.5) is 11.5 Å². The second-order valence-electron chi connectivity index (χ2n) is 11.0. The lowest BCUT2D eigenvalue weighted by atomic mass is 9.97. The van der Waals surface area contributed by atoms with Crippen LogP contribution in [0.1, 0.15) is 39.1 Å². The molecule has 3 aromatic rings. The number of hydrogen-bond donors (Lipinski definition) is 3. The van der Waals surface area contributed by atoms with Gasteiger partial charge in [-0.3, -0.25) is 14.4 Å². The Morgan fingerprint density at radius 1 is 1.07 bits per heavy atom. The number of likely N-dealkylation sites (tertiary alicyclic amines) is 1. The molecule has 1 saturated heterocycles. The maximum Gasteiger partial charge on any atom is 0.257 e. The standard InChI is InChI=1S/C32H36N6O4/c1-36-13-9-21(10-14-36)19-35-30(40)25-5-3-4-22(16-25)20-38-27(11-15-39)32(42)37(2)28-17-23(6-7-26(28)31(38)41)24-8-12-34-29(33)18-24/h3-8,11-12,15-18,21,27,39H,9-10,13-14,19-20H2,1-2H3,(H2,33,34)(H,35,40)/b15-11+. The van der Waals surface area contributed by atoms with E-state index in [0.29, 0.717) is 40.7 Å². The van der Waals surface area contributed by atoms with Gasteiger partial charge in [0, 0.05) is 31.9 Å². The van der Waals surface area contributed by atoms with Gasteiger partial charge in [0.05, 0.1) is 17.5 Å². The number of hydrogen-bond acceptors (Lipinski definition) is 7. The molecular weight excluding hydrogens is 532 g/mol. The number of carbonyl (C=O) groups is 3. The molecule has 1 atom stereocenters. The summed E-state index contributed by atoms with van der Waals surface area (Å²) >= 11 is 0. The largest absolute Gasteiger partial charge is 0.516 e. The predicted molar refractivity (Wildman–Crippen MR) is 162 cm³/mol.